The van der Waals surface area contributed by atoms with Gasteiger partial charge in [0, 0.05) is 63.5 Å². The van der Waals surface area contributed by atoms with E-state index in [-0.39, 0.29) is 11.8 Å². The Hall–Kier alpha value is -2.67. The number of fused-ring (bicyclic) bond motifs is 3. The van der Waals surface area contributed by atoms with Crippen LogP contribution in [0.2, 0.25) is 5.02 Å². The van der Waals surface area contributed by atoms with Crippen LogP contribution in [0.3, 0.4) is 0 Å². The average molecular weight is 757 g/mol. The summed E-state index contributed by atoms with van der Waals surface area (Å²) in [6.45, 7) is 11.6. The molecule has 0 aromatic heterocycles. The van der Waals surface area contributed by atoms with Crippen molar-refractivity contribution in [2.24, 2.45) is 17.8 Å². The van der Waals surface area contributed by atoms with E-state index in [9.17, 15) is 13.2 Å². The fourth-order valence-electron chi connectivity index (χ4n) is 8.27. The number of anilines is 1. The minimum atomic E-state index is -3.96. The van der Waals surface area contributed by atoms with Gasteiger partial charge in [-0.2, -0.15) is 0 Å². The standard InChI is InChI=1S/C40H57ClN4O6S/c1-29-8-7-16-40(49-4,28-43(3)18-19-44-20-22-50-23-21-44)36-14-11-33(36)26-45-17-6-5-9-31-24-35(41)13-10-34(31)27-51-38-15-12-32(25-37(38)45)39(46)42-52(47,48)30(29)2/h7,10,12-13,15-16,24-25,29-30,33,36H,5-6,8-9,11,14,17-23,26-28H2,1-4H3,(H,42,46)/b16-7+/t29-,30+,33-,36+,40-/m0/s1. The lowest BCUT2D eigenvalue weighted by Gasteiger charge is -2.51. The van der Waals surface area contributed by atoms with E-state index >= 15 is 0 Å². The molecule has 1 amide bonds. The van der Waals surface area contributed by atoms with Gasteiger partial charge in [0.05, 0.1) is 24.2 Å². The predicted octanol–water partition coefficient (Wildman–Crippen LogP) is 5.78. The molecule has 4 aliphatic rings. The number of allylic oxidation sites excluding steroid dienone is 1. The first kappa shape index (κ1) is 39.0. The van der Waals surface area contributed by atoms with E-state index in [2.05, 4.69) is 38.6 Å². The van der Waals surface area contributed by atoms with E-state index in [0.717, 1.165) is 102 Å². The Kier molecular flexibility index (Phi) is 12.9. The first-order valence-electron chi connectivity index (χ1n) is 19.0. The van der Waals surface area contributed by atoms with Gasteiger partial charge < -0.3 is 24.0 Å². The Balaban J connectivity index is 1.35. The number of nitrogens with zero attached hydrogens (tertiary/aromatic N) is 3. The molecule has 52 heavy (non-hydrogen) atoms. The van der Waals surface area contributed by atoms with Crippen molar-refractivity contribution >= 4 is 33.2 Å². The number of methoxy groups -OCH3 is 1. The van der Waals surface area contributed by atoms with E-state index in [1.165, 1.54) is 5.56 Å². The Bertz CT molecular complexity index is 1680. The molecule has 2 bridgehead atoms. The molecule has 2 aromatic carbocycles. The molecular formula is C40H57ClN4O6S. The number of amides is 1. The van der Waals surface area contributed by atoms with Crippen LogP contribution in [-0.4, -0.2) is 108 Å². The monoisotopic (exact) mass is 756 g/mol. The maximum Gasteiger partial charge on any atom is 0.264 e. The maximum atomic E-state index is 13.6. The second-order valence-electron chi connectivity index (χ2n) is 15.4. The van der Waals surface area contributed by atoms with E-state index in [1.54, 1.807) is 13.0 Å². The van der Waals surface area contributed by atoms with Crippen molar-refractivity contribution in [1.82, 2.24) is 14.5 Å². The summed E-state index contributed by atoms with van der Waals surface area (Å²) in [6, 6.07) is 11.3. The number of morpholine rings is 1. The molecule has 1 N–H and O–H groups in total. The number of carbonyl (C=O) groups is 1. The van der Waals surface area contributed by atoms with Crippen LogP contribution in [0, 0.1) is 17.8 Å². The van der Waals surface area contributed by atoms with Crippen LogP contribution >= 0.6 is 11.6 Å². The van der Waals surface area contributed by atoms with E-state index in [1.807, 2.05) is 44.4 Å². The molecule has 286 valence electrons. The van der Waals surface area contributed by atoms with Gasteiger partial charge in [0.25, 0.3) is 5.91 Å². The lowest BCUT2D eigenvalue weighted by molar-refractivity contribution is -0.0894. The second-order valence-corrected chi connectivity index (χ2v) is 17.9. The van der Waals surface area contributed by atoms with Gasteiger partial charge in [0.2, 0.25) is 10.0 Å². The van der Waals surface area contributed by atoms with Crippen LogP contribution < -0.4 is 14.4 Å². The zero-order chi connectivity index (χ0) is 36.9. The van der Waals surface area contributed by atoms with Crippen molar-refractivity contribution in [2.45, 2.75) is 69.8 Å². The summed E-state index contributed by atoms with van der Waals surface area (Å²) in [7, 11) is 0.0444. The number of hydrogen-bond donors (Lipinski definition) is 1. The topological polar surface area (TPSA) is 101 Å². The molecule has 0 spiro atoms. The number of likely N-dealkylation sites (N-methyl/N-ethyl adjacent to an activating group) is 1. The van der Waals surface area contributed by atoms with Crippen LogP contribution in [0.4, 0.5) is 5.69 Å². The molecule has 1 saturated heterocycles. The molecule has 1 aliphatic carbocycles. The number of rotatable bonds is 6. The number of carbonyl (C=O) groups excluding carboxylic acids is 1. The molecular weight excluding hydrogens is 700 g/mol. The Labute approximate surface area is 315 Å². The van der Waals surface area contributed by atoms with Gasteiger partial charge in [-0.05, 0) is 112 Å². The number of aryl methyl sites for hydroxylation is 1. The zero-order valence-electron chi connectivity index (χ0n) is 31.3. The highest BCUT2D eigenvalue weighted by molar-refractivity contribution is 7.90. The third-order valence-corrected chi connectivity index (χ3v) is 14.1. The number of nitrogens with one attached hydrogen (secondary N) is 1. The molecule has 0 radical (unpaired) electrons. The smallest absolute Gasteiger partial charge is 0.264 e. The van der Waals surface area contributed by atoms with Gasteiger partial charge >= 0.3 is 0 Å². The Morgan fingerprint density at radius 3 is 2.62 bits per heavy atom. The highest BCUT2D eigenvalue weighted by atomic mass is 35.5. The number of sulfonamides is 1. The van der Waals surface area contributed by atoms with E-state index < -0.39 is 26.8 Å². The molecule has 1 saturated carbocycles. The SMILES string of the molecule is CO[C@]1(CN(C)CCN2CCOCC2)/C=C/C[C@H](C)[C@@H](C)S(=O)(=O)NC(=O)c2ccc3c(c2)N(CCCCc2cc(Cl)ccc2CO3)C[C@@H]2CC[C@H]21. The van der Waals surface area contributed by atoms with Gasteiger partial charge in [-0.15, -0.1) is 0 Å². The molecule has 10 nitrogen and oxygen atoms in total. The van der Waals surface area contributed by atoms with Gasteiger partial charge in [-0.1, -0.05) is 36.7 Å². The number of ether oxygens (including phenoxy) is 3. The van der Waals surface area contributed by atoms with Crippen molar-refractivity contribution in [1.29, 1.82) is 0 Å². The highest BCUT2D eigenvalue weighted by Gasteiger charge is 2.48. The number of halogens is 1. The molecule has 5 atom stereocenters. The van der Waals surface area contributed by atoms with Gasteiger partial charge in [0.1, 0.15) is 18.0 Å². The summed E-state index contributed by atoms with van der Waals surface area (Å²) in [5, 5.41) is -0.0697. The summed E-state index contributed by atoms with van der Waals surface area (Å²) in [5.41, 5.74) is 2.83. The third kappa shape index (κ3) is 9.16. The maximum absolute atomic E-state index is 13.6. The minimum absolute atomic E-state index is 0.227. The second kappa shape index (κ2) is 17.2. The van der Waals surface area contributed by atoms with Crippen LogP contribution in [0.15, 0.2) is 48.6 Å². The summed E-state index contributed by atoms with van der Waals surface area (Å²) < 4.78 is 48.2. The van der Waals surface area contributed by atoms with Crippen molar-refractivity contribution < 1.29 is 27.4 Å². The van der Waals surface area contributed by atoms with Gasteiger partial charge in [-0.3, -0.25) is 9.69 Å². The highest BCUT2D eigenvalue weighted by Crippen LogP contribution is 2.46. The average Bonchev–Trinajstić information content (AvgIpc) is 3.15. The fraction of sp³-hybridized carbons (Fsp3) is 0.625. The van der Waals surface area contributed by atoms with Crippen LogP contribution in [0.1, 0.15) is 67.4 Å². The van der Waals surface area contributed by atoms with Crippen molar-refractivity contribution in [3.8, 4) is 5.75 Å². The lowest BCUT2D eigenvalue weighted by Crippen LogP contribution is -2.56. The minimum Gasteiger partial charge on any atom is -0.487 e. The molecule has 2 fully saturated rings. The number of benzene rings is 2. The fourth-order valence-corrected chi connectivity index (χ4v) is 9.75. The summed E-state index contributed by atoms with van der Waals surface area (Å²) in [5.74, 6) is 0.410. The summed E-state index contributed by atoms with van der Waals surface area (Å²) >= 11 is 6.40. The Morgan fingerprint density at radius 2 is 1.87 bits per heavy atom. The molecule has 2 aromatic rings. The molecule has 12 heteroatoms. The van der Waals surface area contributed by atoms with Gasteiger partial charge in [0.15, 0.2) is 0 Å². The number of hydrogen-bond acceptors (Lipinski definition) is 9. The van der Waals surface area contributed by atoms with Crippen molar-refractivity contribution in [3.63, 3.8) is 0 Å². The lowest BCUT2D eigenvalue weighted by atomic mass is 9.64. The van der Waals surface area contributed by atoms with E-state index in [4.69, 9.17) is 25.8 Å². The predicted molar refractivity (Wildman–Crippen MR) is 207 cm³/mol. The van der Waals surface area contributed by atoms with E-state index in [0.29, 0.717) is 35.3 Å². The molecule has 3 heterocycles. The first-order valence-corrected chi connectivity index (χ1v) is 21.0. The van der Waals surface area contributed by atoms with Gasteiger partial charge in [-0.25, -0.2) is 13.1 Å². The molecule has 6 rings (SSSR count). The summed E-state index contributed by atoms with van der Waals surface area (Å²) in [6.07, 6.45) is 9.80. The quantitative estimate of drug-likeness (QED) is 0.368. The summed E-state index contributed by atoms with van der Waals surface area (Å²) in [4.78, 5) is 20.8. The zero-order valence-corrected chi connectivity index (χ0v) is 32.9. The Morgan fingerprint density at radius 1 is 1.06 bits per heavy atom. The molecule has 0 unspecified atom stereocenters. The normalized spacial score (nSPS) is 29.4. The van der Waals surface area contributed by atoms with Crippen molar-refractivity contribution in [2.75, 3.05) is 78.1 Å². The van der Waals surface area contributed by atoms with Crippen LogP contribution in [0.5, 0.6) is 5.75 Å². The van der Waals surface area contributed by atoms with Crippen LogP contribution in [-0.2, 0) is 32.5 Å². The molecule has 3 aliphatic heterocycles. The first-order chi connectivity index (χ1) is 25.0. The largest absolute Gasteiger partial charge is 0.487 e. The van der Waals surface area contributed by atoms with Crippen molar-refractivity contribution in [3.05, 3.63) is 70.3 Å². The van der Waals surface area contributed by atoms with Crippen LogP contribution in [0.25, 0.3) is 0 Å². The third-order valence-electron chi connectivity index (χ3n) is 12.0.